The SMILES string of the molecule is O=C(CSc1ncco1)N1CCNCC1. The summed E-state index contributed by atoms with van der Waals surface area (Å²) in [4.78, 5) is 17.5. The molecule has 0 aliphatic carbocycles. The van der Waals surface area contributed by atoms with Crippen LogP contribution in [0.15, 0.2) is 22.1 Å². The van der Waals surface area contributed by atoms with E-state index in [4.69, 9.17) is 4.42 Å². The average molecular weight is 227 g/mol. The minimum Gasteiger partial charge on any atom is -0.440 e. The summed E-state index contributed by atoms with van der Waals surface area (Å²) in [6.07, 6.45) is 3.09. The molecule has 82 valence electrons. The topological polar surface area (TPSA) is 58.4 Å². The minimum atomic E-state index is 0.153. The second-order valence-corrected chi connectivity index (χ2v) is 4.14. The normalized spacial score (nSPS) is 16.7. The van der Waals surface area contributed by atoms with Crippen molar-refractivity contribution in [1.82, 2.24) is 15.2 Å². The molecule has 0 spiro atoms. The van der Waals surface area contributed by atoms with Crippen molar-refractivity contribution in [2.45, 2.75) is 5.22 Å². The van der Waals surface area contributed by atoms with E-state index in [9.17, 15) is 4.79 Å². The zero-order chi connectivity index (χ0) is 10.5. The first-order chi connectivity index (χ1) is 7.36. The van der Waals surface area contributed by atoms with Crippen LogP contribution in [0.4, 0.5) is 0 Å². The molecule has 1 aliphatic heterocycles. The molecule has 5 nitrogen and oxygen atoms in total. The van der Waals surface area contributed by atoms with Crippen molar-refractivity contribution in [2.75, 3.05) is 31.9 Å². The number of hydrogen-bond acceptors (Lipinski definition) is 5. The Morgan fingerprint density at radius 3 is 3.07 bits per heavy atom. The third-order valence-corrected chi connectivity index (χ3v) is 3.04. The maximum Gasteiger partial charge on any atom is 0.256 e. The van der Waals surface area contributed by atoms with E-state index in [1.807, 2.05) is 4.90 Å². The lowest BCUT2D eigenvalue weighted by molar-refractivity contribution is -0.128. The monoisotopic (exact) mass is 227 g/mol. The molecule has 0 radical (unpaired) electrons. The van der Waals surface area contributed by atoms with Crippen molar-refractivity contribution in [3.8, 4) is 0 Å². The number of rotatable bonds is 3. The Morgan fingerprint density at radius 2 is 2.40 bits per heavy atom. The van der Waals surface area contributed by atoms with Crippen molar-refractivity contribution < 1.29 is 9.21 Å². The highest BCUT2D eigenvalue weighted by molar-refractivity contribution is 7.99. The zero-order valence-electron chi connectivity index (χ0n) is 8.31. The van der Waals surface area contributed by atoms with Crippen molar-refractivity contribution in [1.29, 1.82) is 0 Å². The summed E-state index contributed by atoms with van der Waals surface area (Å²) in [6.45, 7) is 3.36. The molecule has 1 amide bonds. The lowest BCUT2D eigenvalue weighted by Gasteiger charge is -2.27. The van der Waals surface area contributed by atoms with E-state index >= 15 is 0 Å². The number of thioether (sulfide) groups is 1. The number of nitrogens with zero attached hydrogens (tertiary/aromatic N) is 2. The van der Waals surface area contributed by atoms with Gasteiger partial charge in [-0.2, -0.15) is 0 Å². The fourth-order valence-electron chi connectivity index (χ4n) is 1.41. The van der Waals surface area contributed by atoms with Gasteiger partial charge in [0.1, 0.15) is 6.26 Å². The molecule has 1 fully saturated rings. The van der Waals surface area contributed by atoms with E-state index in [0.717, 1.165) is 26.2 Å². The first-order valence-corrected chi connectivity index (χ1v) is 5.85. The summed E-state index contributed by atoms with van der Waals surface area (Å²) in [7, 11) is 0. The highest BCUT2D eigenvalue weighted by Crippen LogP contribution is 2.15. The Balaban J connectivity index is 1.76. The van der Waals surface area contributed by atoms with Gasteiger partial charge in [0.25, 0.3) is 5.22 Å². The number of carbonyl (C=O) groups excluding carboxylic acids is 1. The predicted molar refractivity (Wildman–Crippen MR) is 56.7 cm³/mol. The maximum atomic E-state index is 11.7. The third-order valence-electron chi connectivity index (χ3n) is 2.20. The summed E-state index contributed by atoms with van der Waals surface area (Å²) in [5.41, 5.74) is 0. The minimum absolute atomic E-state index is 0.153. The molecule has 0 atom stereocenters. The Hall–Kier alpha value is -1.01. The smallest absolute Gasteiger partial charge is 0.256 e. The highest BCUT2D eigenvalue weighted by atomic mass is 32.2. The predicted octanol–water partition coefficient (Wildman–Crippen LogP) is 0.198. The molecule has 6 heteroatoms. The van der Waals surface area contributed by atoms with Crippen molar-refractivity contribution in [2.24, 2.45) is 0 Å². The Bertz CT molecular complexity index is 309. The van der Waals surface area contributed by atoms with Crippen molar-refractivity contribution in [3.63, 3.8) is 0 Å². The Morgan fingerprint density at radius 1 is 1.60 bits per heavy atom. The van der Waals surface area contributed by atoms with Crippen LogP contribution >= 0.6 is 11.8 Å². The Kier molecular flexibility index (Phi) is 3.63. The lowest BCUT2D eigenvalue weighted by Crippen LogP contribution is -2.47. The molecule has 1 N–H and O–H groups in total. The van der Waals surface area contributed by atoms with E-state index in [1.165, 1.54) is 18.0 Å². The fourth-order valence-corrected chi connectivity index (χ4v) is 2.10. The van der Waals surface area contributed by atoms with Crippen LogP contribution in [0.1, 0.15) is 0 Å². The molecule has 2 rings (SSSR count). The van der Waals surface area contributed by atoms with E-state index in [-0.39, 0.29) is 5.91 Å². The third kappa shape index (κ3) is 2.97. The molecule has 0 unspecified atom stereocenters. The number of amides is 1. The van der Waals surface area contributed by atoms with Gasteiger partial charge in [0.15, 0.2) is 0 Å². The molecule has 1 aromatic rings. The van der Waals surface area contributed by atoms with Gasteiger partial charge in [0.2, 0.25) is 5.91 Å². The second-order valence-electron chi connectivity index (χ2n) is 3.22. The number of piperazine rings is 1. The summed E-state index contributed by atoms with van der Waals surface area (Å²) in [5, 5.41) is 3.76. The van der Waals surface area contributed by atoms with E-state index in [2.05, 4.69) is 10.3 Å². The molecule has 0 saturated carbocycles. The summed E-state index contributed by atoms with van der Waals surface area (Å²) in [6, 6.07) is 0. The number of carbonyl (C=O) groups is 1. The standard InChI is InChI=1S/C9H13N3O2S/c13-8(12-4-1-10-2-5-12)7-15-9-11-3-6-14-9/h3,6,10H,1-2,4-5,7H2. The molecule has 15 heavy (non-hydrogen) atoms. The molecule has 1 aliphatic rings. The average Bonchev–Trinajstić information content (AvgIpc) is 2.80. The van der Waals surface area contributed by atoms with Crippen LogP contribution in [-0.4, -0.2) is 47.7 Å². The van der Waals surface area contributed by atoms with Crippen LogP contribution in [0, 0.1) is 0 Å². The Labute approximate surface area is 92.2 Å². The molecule has 0 bridgehead atoms. The number of aromatic nitrogens is 1. The van der Waals surface area contributed by atoms with E-state index < -0.39 is 0 Å². The molecule has 2 heterocycles. The first-order valence-electron chi connectivity index (χ1n) is 4.87. The van der Waals surface area contributed by atoms with Gasteiger partial charge in [-0.3, -0.25) is 4.79 Å². The molecule has 1 aromatic heterocycles. The molecule has 1 saturated heterocycles. The lowest BCUT2D eigenvalue weighted by atomic mass is 10.3. The summed E-state index contributed by atoms with van der Waals surface area (Å²) in [5.74, 6) is 0.556. The van der Waals surface area contributed by atoms with Crippen LogP contribution in [0.3, 0.4) is 0 Å². The van der Waals surface area contributed by atoms with Crippen LogP contribution in [0.2, 0.25) is 0 Å². The van der Waals surface area contributed by atoms with Gasteiger partial charge in [-0.15, -0.1) is 0 Å². The van der Waals surface area contributed by atoms with Gasteiger partial charge < -0.3 is 14.6 Å². The number of nitrogens with one attached hydrogen (secondary N) is 1. The quantitative estimate of drug-likeness (QED) is 0.747. The summed E-state index contributed by atoms with van der Waals surface area (Å²) >= 11 is 1.34. The molecular formula is C9H13N3O2S. The fraction of sp³-hybridized carbons (Fsp3) is 0.556. The first kappa shape index (κ1) is 10.5. The van der Waals surface area contributed by atoms with Gasteiger partial charge in [0, 0.05) is 26.2 Å². The van der Waals surface area contributed by atoms with Crippen LogP contribution in [0.25, 0.3) is 0 Å². The van der Waals surface area contributed by atoms with Crippen LogP contribution in [0.5, 0.6) is 0 Å². The maximum absolute atomic E-state index is 11.7. The largest absolute Gasteiger partial charge is 0.440 e. The number of oxazole rings is 1. The molecule has 0 aromatic carbocycles. The zero-order valence-corrected chi connectivity index (χ0v) is 9.13. The van der Waals surface area contributed by atoms with Gasteiger partial charge in [0.05, 0.1) is 11.9 Å². The van der Waals surface area contributed by atoms with Gasteiger partial charge >= 0.3 is 0 Å². The van der Waals surface area contributed by atoms with E-state index in [1.54, 1.807) is 6.20 Å². The second kappa shape index (κ2) is 5.18. The molecular weight excluding hydrogens is 214 g/mol. The van der Waals surface area contributed by atoms with Gasteiger partial charge in [-0.05, 0) is 0 Å². The van der Waals surface area contributed by atoms with Gasteiger partial charge in [-0.25, -0.2) is 4.98 Å². The van der Waals surface area contributed by atoms with Gasteiger partial charge in [-0.1, -0.05) is 11.8 Å². The van der Waals surface area contributed by atoms with Crippen LogP contribution < -0.4 is 5.32 Å². The van der Waals surface area contributed by atoms with Crippen molar-refractivity contribution in [3.05, 3.63) is 12.5 Å². The van der Waals surface area contributed by atoms with E-state index in [0.29, 0.717) is 11.0 Å². The highest BCUT2D eigenvalue weighted by Gasteiger charge is 2.16. The van der Waals surface area contributed by atoms with Crippen molar-refractivity contribution >= 4 is 17.7 Å². The number of hydrogen-bond donors (Lipinski definition) is 1. The summed E-state index contributed by atoms with van der Waals surface area (Å²) < 4.78 is 5.04. The van der Waals surface area contributed by atoms with Crippen LogP contribution in [-0.2, 0) is 4.79 Å².